The van der Waals surface area contributed by atoms with Crippen molar-refractivity contribution in [1.82, 2.24) is 10.2 Å². The fraction of sp³-hybridized carbons (Fsp3) is 0.304. The number of carbonyl (C=O) groups excluding carboxylic acids is 2. The smallest absolute Gasteiger partial charge is 0.295 e. The van der Waals surface area contributed by atoms with E-state index in [0.717, 1.165) is 0 Å². The van der Waals surface area contributed by atoms with Crippen LogP contribution in [0, 0.1) is 0 Å². The van der Waals surface area contributed by atoms with E-state index in [1.54, 1.807) is 55.6 Å². The summed E-state index contributed by atoms with van der Waals surface area (Å²) in [5.41, 5.74) is 1.12. The van der Waals surface area contributed by atoms with Crippen LogP contribution in [0.3, 0.4) is 0 Å². The summed E-state index contributed by atoms with van der Waals surface area (Å²) in [6.45, 7) is 0.977. The van der Waals surface area contributed by atoms with Crippen molar-refractivity contribution in [3.05, 3.63) is 65.2 Å². The molecule has 164 valence electrons. The van der Waals surface area contributed by atoms with E-state index in [2.05, 4.69) is 5.32 Å². The maximum Gasteiger partial charge on any atom is 0.295 e. The predicted octanol–water partition coefficient (Wildman–Crippen LogP) is 1.71. The summed E-state index contributed by atoms with van der Waals surface area (Å²) in [4.78, 5) is 27.2. The number of nitrogens with zero attached hydrogens (tertiary/aromatic N) is 1. The van der Waals surface area contributed by atoms with Crippen LogP contribution in [0.1, 0.15) is 17.2 Å². The number of ketones is 1. The molecule has 1 aliphatic rings. The van der Waals surface area contributed by atoms with Crippen molar-refractivity contribution in [2.75, 3.05) is 40.5 Å². The molecule has 1 saturated heterocycles. The Balaban J connectivity index is 2.04. The maximum atomic E-state index is 12.9. The number of hydrogen-bond donors (Lipinski definition) is 3. The molecule has 0 bridgehead atoms. The Bertz CT molecular complexity index is 953. The van der Waals surface area contributed by atoms with E-state index in [1.165, 1.54) is 12.0 Å². The number of benzene rings is 2. The van der Waals surface area contributed by atoms with Crippen molar-refractivity contribution in [3.63, 3.8) is 0 Å². The van der Waals surface area contributed by atoms with Crippen molar-refractivity contribution in [2.24, 2.45) is 0 Å². The van der Waals surface area contributed by atoms with E-state index >= 15 is 0 Å². The largest absolute Gasteiger partial charge is 0.507 e. The molecule has 0 radical (unpaired) electrons. The molecule has 1 heterocycles. The molecule has 0 spiro atoms. The normalized spacial score (nSPS) is 17.8. The number of methoxy groups -OCH3 is 2. The first-order chi connectivity index (χ1) is 15.0. The third-order valence-corrected chi connectivity index (χ3v) is 5.15. The lowest BCUT2D eigenvalue weighted by Crippen LogP contribution is -2.36. The number of hydrogen-bond acceptors (Lipinski definition) is 7. The number of carbonyl (C=O) groups is 2. The van der Waals surface area contributed by atoms with Gasteiger partial charge in [-0.3, -0.25) is 9.59 Å². The summed E-state index contributed by atoms with van der Waals surface area (Å²) < 4.78 is 10.3. The zero-order valence-corrected chi connectivity index (χ0v) is 17.5. The molecule has 1 atom stereocenters. The predicted molar refractivity (Wildman–Crippen MR) is 115 cm³/mol. The van der Waals surface area contributed by atoms with E-state index in [1.807, 2.05) is 0 Å². The molecule has 1 fully saturated rings. The molecule has 0 saturated carbocycles. The molecular weight excluding hydrogens is 400 g/mol. The number of rotatable bonds is 9. The Kier molecular flexibility index (Phi) is 7.28. The first-order valence-corrected chi connectivity index (χ1v) is 9.90. The van der Waals surface area contributed by atoms with Gasteiger partial charge in [0.1, 0.15) is 17.3 Å². The van der Waals surface area contributed by atoms with Gasteiger partial charge in [-0.25, -0.2) is 0 Å². The van der Waals surface area contributed by atoms with Crippen molar-refractivity contribution >= 4 is 17.4 Å². The van der Waals surface area contributed by atoms with Crippen LogP contribution in [0.5, 0.6) is 11.5 Å². The third kappa shape index (κ3) is 4.70. The molecule has 0 aromatic heterocycles. The zero-order chi connectivity index (χ0) is 22.4. The monoisotopic (exact) mass is 426 g/mol. The molecule has 1 amide bonds. The van der Waals surface area contributed by atoms with E-state index in [-0.39, 0.29) is 24.5 Å². The summed E-state index contributed by atoms with van der Waals surface area (Å²) >= 11 is 0. The van der Waals surface area contributed by atoms with Gasteiger partial charge in [-0.05, 0) is 42.0 Å². The summed E-state index contributed by atoms with van der Waals surface area (Å²) in [6.07, 6.45) is 0. The van der Waals surface area contributed by atoms with E-state index in [4.69, 9.17) is 14.6 Å². The Hall–Kier alpha value is -3.36. The molecule has 2 aromatic rings. The standard InChI is InChI=1S/C23H26N2O6/c1-30-17-7-3-15(4-8-17)20-19(21(27)16-5-9-18(31-2)10-6-16)22(28)23(29)25(20)13-11-24-12-14-26/h3-10,20,24,26-27H,11-14H2,1-2H3/b21-19-. The van der Waals surface area contributed by atoms with Gasteiger partial charge in [-0.2, -0.15) is 0 Å². The quantitative estimate of drug-likeness (QED) is 0.242. The number of aliphatic hydroxyl groups excluding tert-OH is 2. The highest BCUT2D eigenvalue weighted by Gasteiger charge is 2.45. The van der Waals surface area contributed by atoms with Gasteiger partial charge in [-0.15, -0.1) is 0 Å². The van der Waals surface area contributed by atoms with Crippen LogP contribution in [-0.2, 0) is 9.59 Å². The number of aliphatic hydroxyl groups is 2. The number of Topliss-reactive ketones (excluding diaryl/α,β-unsaturated/α-hetero) is 1. The summed E-state index contributed by atoms with van der Waals surface area (Å²) in [6, 6.07) is 12.9. The highest BCUT2D eigenvalue weighted by atomic mass is 16.5. The number of amides is 1. The second-order valence-electron chi connectivity index (χ2n) is 6.97. The minimum atomic E-state index is -0.746. The van der Waals surface area contributed by atoms with Gasteiger partial charge in [0.05, 0.1) is 32.4 Å². The lowest BCUT2D eigenvalue weighted by Gasteiger charge is -2.25. The lowest BCUT2D eigenvalue weighted by atomic mass is 9.95. The zero-order valence-electron chi connectivity index (χ0n) is 17.5. The van der Waals surface area contributed by atoms with Crippen molar-refractivity contribution < 1.29 is 29.3 Å². The lowest BCUT2D eigenvalue weighted by molar-refractivity contribution is -0.139. The van der Waals surface area contributed by atoms with Gasteiger partial charge >= 0.3 is 0 Å². The molecule has 3 N–H and O–H groups in total. The highest BCUT2D eigenvalue weighted by Crippen LogP contribution is 2.39. The first-order valence-electron chi connectivity index (χ1n) is 9.90. The molecule has 8 nitrogen and oxygen atoms in total. The van der Waals surface area contributed by atoms with Crippen LogP contribution in [0.2, 0.25) is 0 Å². The minimum absolute atomic E-state index is 0.0296. The van der Waals surface area contributed by atoms with Gasteiger partial charge in [0.15, 0.2) is 0 Å². The van der Waals surface area contributed by atoms with Gasteiger partial charge < -0.3 is 29.9 Å². The van der Waals surface area contributed by atoms with Crippen molar-refractivity contribution in [1.29, 1.82) is 0 Å². The van der Waals surface area contributed by atoms with Crippen LogP contribution in [0.25, 0.3) is 5.76 Å². The van der Waals surface area contributed by atoms with Crippen molar-refractivity contribution in [3.8, 4) is 11.5 Å². The molecule has 0 aliphatic carbocycles. The molecule has 1 unspecified atom stereocenters. The Morgan fingerprint density at radius 1 is 0.968 bits per heavy atom. The van der Waals surface area contributed by atoms with E-state index in [0.29, 0.717) is 35.7 Å². The topological polar surface area (TPSA) is 108 Å². The summed E-state index contributed by atoms with van der Waals surface area (Å²) in [7, 11) is 3.09. The number of nitrogens with one attached hydrogen (secondary N) is 1. The van der Waals surface area contributed by atoms with Crippen LogP contribution >= 0.6 is 0 Å². The van der Waals surface area contributed by atoms with Gasteiger partial charge in [0, 0.05) is 25.2 Å². The van der Waals surface area contributed by atoms with Gasteiger partial charge in [0.25, 0.3) is 11.7 Å². The van der Waals surface area contributed by atoms with Gasteiger partial charge in [0.2, 0.25) is 0 Å². The van der Waals surface area contributed by atoms with Crippen LogP contribution in [0.15, 0.2) is 54.1 Å². The Morgan fingerprint density at radius 2 is 1.55 bits per heavy atom. The van der Waals surface area contributed by atoms with E-state index in [9.17, 15) is 14.7 Å². The number of likely N-dealkylation sites (tertiary alicyclic amines) is 1. The summed E-state index contributed by atoms with van der Waals surface area (Å²) in [5, 5.41) is 23.0. The van der Waals surface area contributed by atoms with E-state index < -0.39 is 17.7 Å². The summed E-state index contributed by atoms with van der Waals surface area (Å²) in [5.74, 6) is -0.412. The molecule has 8 heteroatoms. The number of ether oxygens (including phenoxy) is 2. The molecule has 31 heavy (non-hydrogen) atoms. The Labute approximate surface area is 180 Å². The Morgan fingerprint density at radius 3 is 2.10 bits per heavy atom. The fourth-order valence-electron chi connectivity index (χ4n) is 3.55. The molecule has 2 aromatic carbocycles. The SMILES string of the molecule is COc1ccc(/C(O)=C2/C(=O)C(=O)N(CCNCCO)C2c2ccc(OC)cc2)cc1. The van der Waals surface area contributed by atoms with Gasteiger partial charge in [-0.1, -0.05) is 12.1 Å². The second-order valence-corrected chi connectivity index (χ2v) is 6.97. The molecular formula is C23H26N2O6. The molecule has 1 aliphatic heterocycles. The van der Waals surface area contributed by atoms with Crippen molar-refractivity contribution in [2.45, 2.75) is 6.04 Å². The average molecular weight is 426 g/mol. The average Bonchev–Trinajstić information content (AvgIpc) is 3.06. The maximum absolute atomic E-state index is 12.9. The first kappa shape index (κ1) is 22.3. The highest BCUT2D eigenvalue weighted by molar-refractivity contribution is 6.46. The second kappa shape index (κ2) is 10.1. The third-order valence-electron chi connectivity index (χ3n) is 5.15. The fourth-order valence-corrected chi connectivity index (χ4v) is 3.55. The minimum Gasteiger partial charge on any atom is -0.507 e. The van der Waals surface area contributed by atoms with Crippen LogP contribution in [-0.4, -0.2) is 67.3 Å². The van der Waals surface area contributed by atoms with Crippen LogP contribution in [0.4, 0.5) is 0 Å². The molecule has 3 rings (SSSR count). The van der Waals surface area contributed by atoms with Crippen LogP contribution < -0.4 is 14.8 Å².